The first-order valence-corrected chi connectivity index (χ1v) is 10.4. The van der Waals surface area contributed by atoms with Crippen LogP contribution in [0.15, 0.2) is 83.9 Å². The van der Waals surface area contributed by atoms with Crippen molar-refractivity contribution >= 4 is 28.4 Å². The number of thioether (sulfide) groups is 1. The molecule has 1 aromatic heterocycles. The zero-order valence-corrected chi connectivity index (χ0v) is 16.4. The molecule has 4 nitrogen and oxygen atoms in total. The van der Waals surface area contributed by atoms with Crippen LogP contribution in [0.3, 0.4) is 0 Å². The van der Waals surface area contributed by atoms with Crippen molar-refractivity contribution in [1.29, 1.82) is 0 Å². The molecule has 0 bridgehead atoms. The number of ketones is 1. The lowest BCUT2D eigenvalue weighted by atomic mass is 10.0. The molecule has 0 radical (unpaired) electrons. The molecule has 2 heterocycles. The van der Waals surface area contributed by atoms with E-state index >= 15 is 0 Å². The van der Waals surface area contributed by atoms with Crippen LogP contribution in [0, 0.1) is 0 Å². The van der Waals surface area contributed by atoms with Gasteiger partial charge in [0, 0.05) is 27.6 Å². The maximum absolute atomic E-state index is 13.6. The molecule has 29 heavy (non-hydrogen) atoms. The minimum atomic E-state index is -0.363. The molecule has 144 valence electrons. The second kappa shape index (κ2) is 7.68. The zero-order valence-electron chi connectivity index (χ0n) is 15.6. The Kier molecular flexibility index (Phi) is 4.74. The number of H-pyrrole nitrogens is 1. The maximum atomic E-state index is 13.6. The first-order chi connectivity index (χ1) is 14.3. The van der Waals surface area contributed by atoms with Crippen molar-refractivity contribution in [3.8, 4) is 11.5 Å². The Labute approximate surface area is 172 Å². The maximum Gasteiger partial charge on any atom is 0.182 e. The summed E-state index contributed by atoms with van der Waals surface area (Å²) in [4.78, 5) is 17.8. The molecule has 0 unspecified atom stereocenters. The van der Waals surface area contributed by atoms with Crippen LogP contribution in [0.1, 0.15) is 21.2 Å². The minimum Gasteiger partial charge on any atom is -0.486 e. The van der Waals surface area contributed by atoms with E-state index in [1.54, 1.807) is 0 Å². The monoisotopic (exact) mass is 401 g/mol. The topological polar surface area (TPSA) is 51.3 Å². The first kappa shape index (κ1) is 17.9. The number of aromatic nitrogens is 1. The second-order valence-electron chi connectivity index (χ2n) is 6.83. The number of hydrogen-bond donors (Lipinski definition) is 1. The van der Waals surface area contributed by atoms with Gasteiger partial charge in [-0.3, -0.25) is 4.79 Å². The highest BCUT2D eigenvalue weighted by molar-refractivity contribution is 8.00. The van der Waals surface area contributed by atoms with Gasteiger partial charge in [0.15, 0.2) is 17.3 Å². The van der Waals surface area contributed by atoms with E-state index in [9.17, 15) is 4.79 Å². The lowest BCUT2D eigenvalue weighted by Crippen LogP contribution is -2.15. The first-order valence-electron chi connectivity index (χ1n) is 9.51. The normalized spacial score (nSPS) is 13.9. The van der Waals surface area contributed by atoms with Crippen molar-refractivity contribution in [2.75, 3.05) is 13.2 Å². The third-order valence-electron chi connectivity index (χ3n) is 4.96. The number of carbonyl (C=O) groups excluding carboxylic acids is 1. The van der Waals surface area contributed by atoms with Gasteiger partial charge in [0.2, 0.25) is 0 Å². The summed E-state index contributed by atoms with van der Waals surface area (Å²) >= 11 is 1.53. The summed E-state index contributed by atoms with van der Waals surface area (Å²) in [5.41, 5.74) is 2.65. The molecule has 0 fully saturated rings. The van der Waals surface area contributed by atoms with Gasteiger partial charge < -0.3 is 14.5 Å². The lowest BCUT2D eigenvalue weighted by Gasteiger charge is -2.20. The Morgan fingerprint density at radius 1 is 0.897 bits per heavy atom. The summed E-state index contributed by atoms with van der Waals surface area (Å²) in [5.74, 6) is 1.56. The van der Waals surface area contributed by atoms with Gasteiger partial charge in [-0.15, -0.1) is 11.8 Å². The van der Waals surface area contributed by atoms with Gasteiger partial charge in [0.05, 0.1) is 5.25 Å². The highest BCUT2D eigenvalue weighted by Gasteiger charge is 2.26. The smallest absolute Gasteiger partial charge is 0.182 e. The van der Waals surface area contributed by atoms with Crippen molar-refractivity contribution in [3.05, 3.63) is 90.1 Å². The van der Waals surface area contributed by atoms with E-state index in [-0.39, 0.29) is 11.0 Å². The van der Waals surface area contributed by atoms with Gasteiger partial charge in [-0.25, -0.2) is 0 Å². The number of hydrogen-bond acceptors (Lipinski definition) is 4. The lowest BCUT2D eigenvalue weighted by molar-refractivity contribution is 0.0991. The molecule has 1 aliphatic rings. The van der Waals surface area contributed by atoms with Crippen LogP contribution < -0.4 is 9.47 Å². The van der Waals surface area contributed by atoms with Crippen LogP contribution in [-0.4, -0.2) is 24.0 Å². The van der Waals surface area contributed by atoms with Crippen molar-refractivity contribution in [2.24, 2.45) is 0 Å². The van der Waals surface area contributed by atoms with Crippen molar-refractivity contribution in [3.63, 3.8) is 0 Å². The summed E-state index contributed by atoms with van der Waals surface area (Å²) in [7, 11) is 0. The summed E-state index contributed by atoms with van der Waals surface area (Å²) in [6, 6.07) is 23.6. The molecule has 5 heteroatoms. The molecule has 0 spiro atoms. The van der Waals surface area contributed by atoms with Crippen LogP contribution in [0.5, 0.6) is 11.5 Å². The number of nitrogens with one attached hydrogen (secondary N) is 1. The molecule has 0 amide bonds. The molecular weight excluding hydrogens is 382 g/mol. The van der Waals surface area contributed by atoms with Crippen LogP contribution in [0.2, 0.25) is 0 Å². The van der Waals surface area contributed by atoms with Gasteiger partial charge in [-0.1, -0.05) is 48.5 Å². The molecule has 0 saturated heterocycles. The number of ether oxygens (including phenoxy) is 2. The molecule has 5 rings (SSSR count). The average molecular weight is 401 g/mol. The standard InChI is InChI=1S/C24H19NO3S/c26-23(19-15-25-20-9-5-4-8-18(19)20)24(16-6-2-1-3-7-16)29-17-10-11-21-22(14-17)28-13-12-27-21/h1-11,14-15,24-25H,12-13H2/t24-/m1/s1. The Morgan fingerprint density at radius 3 is 2.52 bits per heavy atom. The Morgan fingerprint density at radius 2 is 1.66 bits per heavy atom. The second-order valence-corrected chi connectivity index (χ2v) is 8.00. The van der Waals surface area contributed by atoms with E-state index in [1.807, 2.05) is 79.0 Å². The fraction of sp³-hybridized carbons (Fsp3) is 0.125. The minimum absolute atomic E-state index is 0.0774. The van der Waals surface area contributed by atoms with E-state index in [4.69, 9.17) is 9.47 Å². The van der Waals surface area contributed by atoms with Gasteiger partial charge >= 0.3 is 0 Å². The molecule has 0 saturated carbocycles. The molecule has 0 aliphatic carbocycles. The molecule has 4 aromatic rings. The quantitative estimate of drug-likeness (QED) is 0.346. The van der Waals surface area contributed by atoms with Gasteiger partial charge in [0.25, 0.3) is 0 Å². The van der Waals surface area contributed by atoms with Crippen LogP contribution >= 0.6 is 11.8 Å². The SMILES string of the molecule is O=C(c1c[nH]c2ccccc12)[C@H](Sc1ccc2c(c1)OCCO2)c1ccccc1. The number of aromatic amines is 1. The fourth-order valence-electron chi connectivity index (χ4n) is 3.55. The largest absolute Gasteiger partial charge is 0.486 e. The van der Waals surface area contributed by atoms with Gasteiger partial charge in [-0.2, -0.15) is 0 Å². The van der Waals surface area contributed by atoms with E-state index in [0.29, 0.717) is 18.8 Å². The van der Waals surface area contributed by atoms with Crippen LogP contribution in [0.25, 0.3) is 10.9 Å². The predicted molar refractivity (Wildman–Crippen MR) is 115 cm³/mol. The molecule has 1 N–H and O–H groups in total. The Hall–Kier alpha value is -3.18. The van der Waals surface area contributed by atoms with Gasteiger partial charge in [0.1, 0.15) is 13.2 Å². The number of Topliss-reactive ketones (excluding diaryl/α,β-unsaturated/α-hetero) is 1. The van der Waals surface area contributed by atoms with Crippen molar-refractivity contribution in [2.45, 2.75) is 10.1 Å². The highest BCUT2D eigenvalue weighted by Crippen LogP contribution is 2.42. The van der Waals surface area contributed by atoms with E-state index in [0.717, 1.165) is 32.9 Å². The predicted octanol–water partition coefficient (Wildman–Crippen LogP) is 5.66. The van der Waals surface area contributed by atoms with Crippen LogP contribution in [-0.2, 0) is 0 Å². The number of benzene rings is 3. The third-order valence-corrected chi connectivity index (χ3v) is 6.21. The fourth-order valence-corrected chi connectivity index (χ4v) is 4.67. The van der Waals surface area contributed by atoms with Crippen molar-refractivity contribution in [1.82, 2.24) is 4.98 Å². The summed E-state index contributed by atoms with van der Waals surface area (Å²) in [6.45, 7) is 1.10. The number of rotatable bonds is 5. The Balaban J connectivity index is 1.53. The number of fused-ring (bicyclic) bond motifs is 2. The summed E-state index contributed by atoms with van der Waals surface area (Å²) in [6.07, 6.45) is 1.81. The summed E-state index contributed by atoms with van der Waals surface area (Å²) in [5, 5.41) is 0.583. The van der Waals surface area contributed by atoms with E-state index < -0.39 is 0 Å². The van der Waals surface area contributed by atoms with Crippen LogP contribution in [0.4, 0.5) is 0 Å². The third kappa shape index (κ3) is 3.49. The Bertz CT molecular complexity index is 1170. The zero-order chi connectivity index (χ0) is 19.6. The van der Waals surface area contributed by atoms with E-state index in [2.05, 4.69) is 4.98 Å². The average Bonchev–Trinajstić information content (AvgIpc) is 3.22. The molecule has 1 aliphatic heterocycles. The highest BCUT2D eigenvalue weighted by atomic mass is 32.2. The van der Waals surface area contributed by atoms with E-state index in [1.165, 1.54) is 11.8 Å². The summed E-state index contributed by atoms with van der Waals surface area (Å²) < 4.78 is 11.3. The molecule has 1 atom stereocenters. The molecule has 3 aromatic carbocycles. The molecular formula is C24H19NO3S. The number of carbonyl (C=O) groups is 1. The number of para-hydroxylation sites is 1. The van der Waals surface area contributed by atoms with Crippen molar-refractivity contribution < 1.29 is 14.3 Å². The van der Waals surface area contributed by atoms with Gasteiger partial charge in [-0.05, 0) is 29.8 Å².